The number of hydrogen-bond acceptors (Lipinski definition) is 4. The van der Waals surface area contributed by atoms with Gasteiger partial charge < -0.3 is 10.1 Å². The Morgan fingerprint density at radius 1 is 1.04 bits per heavy atom. The van der Waals surface area contributed by atoms with Crippen LogP contribution in [0.15, 0.2) is 54.6 Å². The van der Waals surface area contributed by atoms with Crippen LogP contribution in [0.1, 0.15) is 22.8 Å². The number of rotatable bonds is 5. The maximum Gasteiger partial charge on any atom is 0.250 e. The summed E-state index contributed by atoms with van der Waals surface area (Å²) in [4.78, 5) is 23.1. The number of amides is 1. The SMILES string of the molecule is COc1ccc(/C=C/C(=O)NC(=S)Nc2ccc(C(C)=O)cc2)cc1. The number of ketones is 1. The molecule has 0 heterocycles. The van der Waals surface area contributed by atoms with Crippen molar-refractivity contribution in [3.8, 4) is 5.75 Å². The molecule has 25 heavy (non-hydrogen) atoms. The molecule has 2 N–H and O–H groups in total. The molecule has 0 saturated carbocycles. The van der Waals surface area contributed by atoms with E-state index in [-0.39, 0.29) is 16.8 Å². The first-order chi connectivity index (χ1) is 12.0. The highest BCUT2D eigenvalue weighted by Crippen LogP contribution is 2.12. The van der Waals surface area contributed by atoms with Crippen LogP contribution in [0, 0.1) is 0 Å². The van der Waals surface area contributed by atoms with Gasteiger partial charge in [0, 0.05) is 17.3 Å². The second-order valence-electron chi connectivity index (χ2n) is 5.18. The van der Waals surface area contributed by atoms with Crippen LogP contribution in [0.25, 0.3) is 6.08 Å². The van der Waals surface area contributed by atoms with Crippen molar-refractivity contribution in [3.63, 3.8) is 0 Å². The molecule has 0 atom stereocenters. The molecule has 2 rings (SSSR count). The highest BCUT2D eigenvalue weighted by Gasteiger charge is 2.03. The van der Waals surface area contributed by atoms with Crippen LogP contribution in [0.4, 0.5) is 5.69 Å². The average Bonchev–Trinajstić information content (AvgIpc) is 2.60. The minimum Gasteiger partial charge on any atom is -0.497 e. The number of ether oxygens (including phenoxy) is 1. The molecule has 0 fully saturated rings. The van der Waals surface area contributed by atoms with Gasteiger partial charge in [0.05, 0.1) is 7.11 Å². The number of Topliss-reactive ketones (excluding diaryl/α,β-unsaturated/α-hetero) is 1. The molecule has 2 aromatic carbocycles. The predicted molar refractivity (Wildman–Crippen MR) is 103 cm³/mol. The summed E-state index contributed by atoms with van der Waals surface area (Å²) in [5.74, 6) is 0.405. The van der Waals surface area contributed by atoms with Gasteiger partial charge >= 0.3 is 0 Å². The zero-order valence-electron chi connectivity index (χ0n) is 13.9. The second kappa shape index (κ2) is 8.75. The topological polar surface area (TPSA) is 67.4 Å². The van der Waals surface area contributed by atoms with Crippen molar-refractivity contribution in [1.29, 1.82) is 0 Å². The van der Waals surface area contributed by atoms with E-state index < -0.39 is 0 Å². The lowest BCUT2D eigenvalue weighted by atomic mass is 10.1. The molecule has 0 aliphatic rings. The second-order valence-corrected chi connectivity index (χ2v) is 5.59. The highest BCUT2D eigenvalue weighted by molar-refractivity contribution is 7.80. The third-order valence-electron chi connectivity index (χ3n) is 3.33. The fourth-order valence-electron chi connectivity index (χ4n) is 1.99. The van der Waals surface area contributed by atoms with Crippen molar-refractivity contribution in [2.45, 2.75) is 6.92 Å². The van der Waals surface area contributed by atoms with Gasteiger partial charge in [0.15, 0.2) is 10.9 Å². The van der Waals surface area contributed by atoms with Crippen LogP contribution in [0.3, 0.4) is 0 Å². The highest BCUT2D eigenvalue weighted by atomic mass is 32.1. The van der Waals surface area contributed by atoms with Crippen molar-refractivity contribution in [2.75, 3.05) is 12.4 Å². The summed E-state index contributed by atoms with van der Waals surface area (Å²) < 4.78 is 5.08. The van der Waals surface area contributed by atoms with Crippen molar-refractivity contribution in [3.05, 3.63) is 65.7 Å². The number of benzene rings is 2. The third kappa shape index (κ3) is 5.86. The van der Waals surface area contributed by atoms with Crippen molar-refractivity contribution >= 4 is 40.8 Å². The smallest absolute Gasteiger partial charge is 0.250 e. The zero-order chi connectivity index (χ0) is 18.2. The van der Waals surface area contributed by atoms with E-state index >= 15 is 0 Å². The largest absolute Gasteiger partial charge is 0.497 e. The predicted octanol–water partition coefficient (Wildman–Crippen LogP) is 3.42. The molecule has 128 valence electrons. The van der Waals surface area contributed by atoms with Crippen LogP contribution >= 0.6 is 12.2 Å². The Labute approximate surface area is 151 Å². The number of methoxy groups -OCH3 is 1. The van der Waals surface area contributed by atoms with E-state index in [0.29, 0.717) is 11.3 Å². The Morgan fingerprint density at radius 3 is 2.24 bits per heavy atom. The number of nitrogens with one attached hydrogen (secondary N) is 2. The average molecular weight is 354 g/mol. The van der Waals surface area contributed by atoms with Gasteiger partial charge in [0.2, 0.25) is 5.91 Å². The lowest BCUT2D eigenvalue weighted by molar-refractivity contribution is -0.115. The first kappa shape index (κ1) is 18.4. The Morgan fingerprint density at radius 2 is 1.68 bits per heavy atom. The first-order valence-corrected chi connectivity index (χ1v) is 7.94. The lowest BCUT2D eigenvalue weighted by Crippen LogP contribution is -2.32. The number of carbonyl (C=O) groups excluding carboxylic acids is 2. The minimum absolute atomic E-state index is 0.00824. The minimum atomic E-state index is -0.339. The van der Waals surface area contributed by atoms with E-state index in [9.17, 15) is 9.59 Å². The summed E-state index contributed by atoms with van der Waals surface area (Å²) in [7, 11) is 1.60. The van der Waals surface area contributed by atoms with Crippen LogP contribution in [-0.2, 0) is 4.79 Å². The van der Waals surface area contributed by atoms with E-state index in [1.165, 1.54) is 13.0 Å². The summed E-state index contributed by atoms with van der Waals surface area (Å²) in [6.07, 6.45) is 3.08. The molecule has 0 aromatic heterocycles. The fourth-order valence-corrected chi connectivity index (χ4v) is 2.21. The van der Waals surface area contributed by atoms with Crippen LogP contribution in [0.2, 0.25) is 0 Å². The number of thiocarbonyl (C=S) groups is 1. The lowest BCUT2D eigenvalue weighted by Gasteiger charge is -2.08. The van der Waals surface area contributed by atoms with Crippen LogP contribution in [0.5, 0.6) is 5.75 Å². The van der Waals surface area contributed by atoms with Crippen molar-refractivity contribution < 1.29 is 14.3 Å². The van der Waals surface area contributed by atoms with Gasteiger partial charge in [-0.2, -0.15) is 0 Å². The van der Waals surface area contributed by atoms with Gasteiger partial charge in [0.25, 0.3) is 0 Å². The Hall–Kier alpha value is -2.99. The normalized spacial score (nSPS) is 10.3. The monoisotopic (exact) mass is 354 g/mol. The van der Waals surface area contributed by atoms with Gasteiger partial charge in [-0.25, -0.2) is 0 Å². The first-order valence-electron chi connectivity index (χ1n) is 7.53. The van der Waals surface area contributed by atoms with Gasteiger partial charge in [-0.05, 0) is 67.2 Å². The van der Waals surface area contributed by atoms with Crippen molar-refractivity contribution in [1.82, 2.24) is 5.32 Å². The molecule has 5 nitrogen and oxygen atoms in total. The molecule has 0 aliphatic carbocycles. The van der Waals surface area contributed by atoms with Gasteiger partial charge in [-0.1, -0.05) is 12.1 Å². The van der Waals surface area contributed by atoms with E-state index in [2.05, 4.69) is 10.6 Å². The maximum absolute atomic E-state index is 11.9. The van der Waals surface area contributed by atoms with E-state index in [1.54, 1.807) is 37.5 Å². The maximum atomic E-state index is 11.9. The molecule has 6 heteroatoms. The molecule has 2 aromatic rings. The molecule has 0 aliphatic heterocycles. The molecule has 0 saturated heterocycles. The van der Waals surface area contributed by atoms with E-state index in [1.807, 2.05) is 24.3 Å². The van der Waals surface area contributed by atoms with Crippen LogP contribution in [-0.4, -0.2) is 23.9 Å². The Kier molecular flexibility index (Phi) is 6.42. The number of carbonyl (C=O) groups is 2. The molecule has 0 spiro atoms. The zero-order valence-corrected chi connectivity index (χ0v) is 14.7. The summed E-state index contributed by atoms with van der Waals surface area (Å²) >= 11 is 5.10. The third-order valence-corrected chi connectivity index (χ3v) is 3.53. The molecule has 0 radical (unpaired) electrons. The fraction of sp³-hybridized carbons (Fsp3) is 0.105. The van der Waals surface area contributed by atoms with E-state index in [4.69, 9.17) is 17.0 Å². The molecular formula is C19H18N2O3S. The van der Waals surface area contributed by atoms with Gasteiger partial charge in [0.1, 0.15) is 5.75 Å². The summed E-state index contributed by atoms with van der Waals surface area (Å²) in [6.45, 7) is 1.50. The number of anilines is 1. The quantitative estimate of drug-likeness (QED) is 0.489. The Balaban J connectivity index is 1.87. The summed E-state index contributed by atoms with van der Waals surface area (Å²) in [5.41, 5.74) is 2.17. The molecule has 0 bridgehead atoms. The van der Waals surface area contributed by atoms with Crippen molar-refractivity contribution in [2.24, 2.45) is 0 Å². The molecule has 0 unspecified atom stereocenters. The van der Waals surface area contributed by atoms with Gasteiger partial charge in [-0.3, -0.25) is 14.9 Å². The van der Waals surface area contributed by atoms with E-state index in [0.717, 1.165) is 11.3 Å². The molecule has 1 amide bonds. The number of hydrogen-bond donors (Lipinski definition) is 2. The Bertz CT molecular complexity index is 796. The van der Waals surface area contributed by atoms with Gasteiger partial charge in [-0.15, -0.1) is 0 Å². The summed E-state index contributed by atoms with van der Waals surface area (Å²) in [5, 5.41) is 5.63. The summed E-state index contributed by atoms with van der Waals surface area (Å²) in [6, 6.07) is 14.1. The van der Waals surface area contributed by atoms with Crippen LogP contribution < -0.4 is 15.4 Å². The molecular weight excluding hydrogens is 336 g/mol. The standard InChI is InChI=1S/C19H18N2O3S/c1-13(22)15-6-8-16(9-7-15)20-19(25)21-18(23)12-5-14-3-10-17(24-2)11-4-14/h3-12H,1-2H3,(H2,20,21,23,25)/b12-5+.